The van der Waals surface area contributed by atoms with Crippen LogP contribution in [0.3, 0.4) is 0 Å². The van der Waals surface area contributed by atoms with Gasteiger partial charge in [-0.2, -0.15) is 0 Å². The van der Waals surface area contributed by atoms with E-state index in [1.165, 1.54) is 0 Å². The number of hydrogen-bond acceptors (Lipinski definition) is 3. The van der Waals surface area contributed by atoms with Crippen LogP contribution in [0.5, 0.6) is 11.5 Å². The first-order chi connectivity index (χ1) is 9.95. The lowest BCUT2D eigenvalue weighted by Crippen LogP contribution is -2.20. The average molecular weight is 415 g/mol. The van der Waals surface area contributed by atoms with Gasteiger partial charge in [-0.15, -0.1) is 0 Å². The molecule has 110 valence electrons. The van der Waals surface area contributed by atoms with Crippen molar-refractivity contribution in [1.82, 2.24) is 0 Å². The van der Waals surface area contributed by atoms with Crippen molar-refractivity contribution in [3.05, 3.63) is 50.9 Å². The molecule has 2 rings (SSSR count). The van der Waals surface area contributed by atoms with E-state index in [9.17, 15) is 9.90 Å². The molecule has 0 bridgehead atoms. The van der Waals surface area contributed by atoms with Crippen molar-refractivity contribution >= 4 is 43.5 Å². The Kier molecular flexibility index (Phi) is 5.25. The highest BCUT2D eigenvalue weighted by Crippen LogP contribution is 2.30. The number of nitrogens with one attached hydrogen (secondary N) is 1. The first kappa shape index (κ1) is 15.9. The molecule has 0 spiro atoms. The van der Waals surface area contributed by atoms with Gasteiger partial charge in [-0.1, -0.05) is 15.9 Å². The van der Waals surface area contributed by atoms with Crippen LogP contribution in [0.1, 0.15) is 5.56 Å². The first-order valence-corrected chi connectivity index (χ1v) is 7.71. The molecule has 0 fully saturated rings. The summed E-state index contributed by atoms with van der Waals surface area (Å²) in [7, 11) is 0. The molecule has 0 heterocycles. The van der Waals surface area contributed by atoms with Gasteiger partial charge in [0.05, 0.1) is 4.47 Å². The predicted octanol–water partition coefficient (Wildman–Crippen LogP) is 4.24. The molecule has 0 aromatic heterocycles. The van der Waals surface area contributed by atoms with Gasteiger partial charge < -0.3 is 15.2 Å². The van der Waals surface area contributed by atoms with Crippen molar-refractivity contribution < 1.29 is 14.6 Å². The van der Waals surface area contributed by atoms with E-state index in [-0.39, 0.29) is 18.3 Å². The van der Waals surface area contributed by atoms with E-state index in [0.29, 0.717) is 21.5 Å². The first-order valence-electron chi connectivity index (χ1n) is 6.13. The van der Waals surface area contributed by atoms with Crippen LogP contribution >= 0.6 is 31.9 Å². The Morgan fingerprint density at radius 3 is 2.52 bits per heavy atom. The van der Waals surface area contributed by atoms with Crippen molar-refractivity contribution in [2.75, 3.05) is 11.9 Å². The molecule has 0 aliphatic rings. The Hall–Kier alpha value is -1.53. The van der Waals surface area contributed by atoms with Gasteiger partial charge in [0.25, 0.3) is 5.91 Å². The molecule has 2 aromatic rings. The minimum Gasteiger partial charge on any atom is -0.506 e. The van der Waals surface area contributed by atoms with E-state index in [2.05, 4.69) is 37.2 Å². The van der Waals surface area contributed by atoms with E-state index in [4.69, 9.17) is 4.74 Å². The fourth-order valence-corrected chi connectivity index (χ4v) is 2.51. The van der Waals surface area contributed by atoms with Gasteiger partial charge in [0, 0.05) is 10.2 Å². The fraction of sp³-hybridized carbons (Fsp3) is 0.133. The number of halogens is 2. The topological polar surface area (TPSA) is 58.6 Å². The van der Waals surface area contributed by atoms with E-state index >= 15 is 0 Å². The van der Waals surface area contributed by atoms with Crippen molar-refractivity contribution in [2.45, 2.75) is 6.92 Å². The van der Waals surface area contributed by atoms with E-state index in [0.717, 1.165) is 4.47 Å². The number of aryl methyl sites for hydroxylation is 1. The Morgan fingerprint density at radius 1 is 1.24 bits per heavy atom. The summed E-state index contributed by atoms with van der Waals surface area (Å²) in [5, 5.41) is 12.4. The van der Waals surface area contributed by atoms with E-state index in [1.807, 2.05) is 12.1 Å². The molecule has 0 aliphatic carbocycles. The zero-order chi connectivity index (χ0) is 15.4. The van der Waals surface area contributed by atoms with Gasteiger partial charge in [0.15, 0.2) is 6.61 Å². The number of carbonyl (C=O) groups excluding carboxylic acids is 1. The Labute approximate surface area is 139 Å². The van der Waals surface area contributed by atoms with Crippen LogP contribution in [0.2, 0.25) is 0 Å². The van der Waals surface area contributed by atoms with Crippen LogP contribution in [0.15, 0.2) is 45.3 Å². The third kappa shape index (κ3) is 4.47. The number of phenols is 1. The molecular formula is C15H13Br2NO3. The number of phenolic OH excluding ortho intramolecular Hbond substituents is 1. The molecule has 0 saturated carbocycles. The van der Waals surface area contributed by atoms with Gasteiger partial charge in [-0.05, 0) is 64.8 Å². The monoisotopic (exact) mass is 413 g/mol. The summed E-state index contributed by atoms with van der Waals surface area (Å²) in [5.74, 6) is 0.519. The number of rotatable bonds is 4. The van der Waals surface area contributed by atoms with Crippen molar-refractivity contribution in [3.63, 3.8) is 0 Å². The highest BCUT2D eigenvalue weighted by Gasteiger charge is 2.08. The summed E-state index contributed by atoms with van der Waals surface area (Å²) < 4.78 is 6.87. The second-order valence-corrected chi connectivity index (χ2v) is 6.18. The van der Waals surface area contributed by atoms with Gasteiger partial charge in [0.1, 0.15) is 11.5 Å². The highest BCUT2D eigenvalue weighted by molar-refractivity contribution is 9.10. The van der Waals surface area contributed by atoms with Crippen LogP contribution in [0.4, 0.5) is 5.69 Å². The zero-order valence-corrected chi connectivity index (χ0v) is 14.4. The Balaban J connectivity index is 1.94. The standard InChI is InChI=1S/C15H13Br2NO3/c1-9-6-11(7-13(17)15(9)20)18-14(19)8-21-12-4-2-10(16)3-5-12/h2-7,20H,8H2,1H3,(H,18,19). The molecule has 0 radical (unpaired) electrons. The van der Waals surface area contributed by atoms with Gasteiger partial charge >= 0.3 is 0 Å². The summed E-state index contributed by atoms with van der Waals surface area (Å²) in [6, 6.07) is 10.6. The molecule has 2 aromatic carbocycles. The maximum atomic E-state index is 11.8. The molecule has 0 aliphatic heterocycles. The summed E-state index contributed by atoms with van der Waals surface area (Å²) in [6.07, 6.45) is 0. The van der Waals surface area contributed by atoms with Crippen LogP contribution < -0.4 is 10.1 Å². The van der Waals surface area contributed by atoms with E-state index in [1.54, 1.807) is 31.2 Å². The zero-order valence-electron chi connectivity index (χ0n) is 11.2. The molecule has 21 heavy (non-hydrogen) atoms. The van der Waals surface area contributed by atoms with Crippen molar-refractivity contribution in [1.29, 1.82) is 0 Å². The van der Waals surface area contributed by atoms with Gasteiger partial charge in [-0.25, -0.2) is 0 Å². The predicted molar refractivity (Wildman–Crippen MR) is 88.8 cm³/mol. The van der Waals surface area contributed by atoms with Gasteiger partial charge in [0.2, 0.25) is 0 Å². The third-order valence-corrected chi connectivity index (χ3v) is 3.85. The van der Waals surface area contributed by atoms with Crippen molar-refractivity contribution in [2.24, 2.45) is 0 Å². The minimum atomic E-state index is -0.269. The lowest BCUT2D eigenvalue weighted by molar-refractivity contribution is -0.118. The normalized spacial score (nSPS) is 10.2. The number of carbonyl (C=O) groups is 1. The second-order valence-electron chi connectivity index (χ2n) is 4.41. The SMILES string of the molecule is Cc1cc(NC(=O)COc2ccc(Br)cc2)cc(Br)c1O. The average Bonchev–Trinajstić information content (AvgIpc) is 2.44. The second kappa shape index (κ2) is 6.95. The Morgan fingerprint density at radius 2 is 1.90 bits per heavy atom. The van der Waals surface area contributed by atoms with E-state index < -0.39 is 0 Å². The highest BCUT2D eigenvalue weighted by atomic mass is 79.9. The summed E-state index contributed by atoms with van der Waals surface area (Å²) >= 11 is 6.56. The molecular weight excluding hydrogens is 402 g/mol. The summed E-state index contributed by atoms with van der Waals surface area (Å²) in [4.78, 5) is 11.8. The molecule has 2 N–H and O–H groups in total. The van der Waals surface area contributed by atoms with Crippen molar-refractivity contribution in [3.8, 4) is 11.5 Å². The molecule has 0 unspecified atom stereocenters. The maximum absolute atomic E-state index is 11.8. The number of ether oxygens (including phenoxy) is 1. The number of benzene rings is 2. The molecule has 0 saturated heterocycles. The largest absolute Gasteiger partial charge is 0.506 e. The quantitative estimate of drug-likeness (QED) is 0.735. The smallest absolute Gasteiger partial charge is 0.262 e. The Bertz CT molecular complexity index is 633. The number of amides is 1. The summed E-state index contributed by atoms with van der Waals surface area (Å²) in [6.45, 7) is 1.67. The molecule has 1 amide bonds. The number of anilines is 1. The maximum Gasteiger partial charge on any atom is 0.262 e. The van der Waals surface area contributed by atoms with Crippen LogP contribution in [-0.4, -0.2) is 17.6 Å². The summed E-state index contributed by atoms with van der Waals surface area (Å²) in [5.41, 5.74) is 1.27. The number of hydrogen-bond donors (Lipinski definition) is 2. The lowest BCUT2D eigenvalue weighted by Gasteiger charge is -2.10. The van der Waals surface area contributed by atoms with Crippen LogP contribution in [0.25, 0.3) is 0 Å². The fourth-order valence-electron chi connectivity index (χ4n) is 1.69. The minimum absolute atomic E-state index is 0.0842. The third-order valence-electron chi connectivity index (χ3n) is 2.72. The molecule has 0 atom stereocenters. The van der Waals surface area contributed by atoms with Crippen LogP contribution in [-0.2, 0) is 4.79 Å². The number of aromatic hydroxyl groups is 1. The van der Waals surface area contributed by atoms with Crippen LogP contribution in [0, 0.1) is 6.92 Å². The molecule has 6 heteroatoms. The lowest BCUT2D eigenvalue weighted by atomic mass is 10.2. The molecule has 4 nitrogen and oxygen atoms in total. The van der Waals surface area contributed by atoms with Gasteiger partial charge in [-0.3, -0.25) is 4.79 Å².